The van der Waals surface area contributed by atoms with Gasteiger partial charge in [0.1, 0.15) is 5.82 Å². The average molecular weight is 318 g/mol. The summed E-state index contributed by atoms with van der Waals surface area (Å²) < 4.78 is 26.5. The van der Waals surface area contributed by atoms with Crippen molar-refractivity contribution < 1.29 is 13.9 Å². The highest BCUT2D eigenvalue weighted by atomic mass is 35.5. The molecule has 2 aromatic carbocycles. The first kappa shape index (κ1) is 15.0. The molecule has 2 nitrogen and oxygen atoms in total. The molecule has 2 N–H and O–H groups in total. The Morgan fingerprint density at radius 3 is 2.45 bits per heavy atom. The van der Waals surface area contributed by atoms with Gasteiger partial charge in [0.2, 0.25) is 0 Å². The highest BCUT2D eigenvalue weighted by Crippen LogP contribution is 2.28. The van der Waals surface area contributed by atoms with Gasteiger partial charge in [-0.2, -0.15) is 0 Å². The summed E-state index contributed by atoms with van der Waals surface area (Å²) in [6, 6.07) is 8.49. The van der Waals surface area contributed by atoms with Crippen molar-refractivity contribution in [1.29, 1.82) is 0 Å². The van der Waals surface area contributed by atoms with Crippen LogP contribution in [0.3, 0.4) is 0 Å². The minimum absolute atomic E-state index is 0.00793. The van der Waals surface area contributed by atoms with E-state index in [9.17, 15) is 13.9 Å². The zero-order valence-electron chi connectivity index (χ0n) is 10.2. The molecular weight excluding hydrogens is 307 g/mol. The number of benzene rings is 2. The molecule has 2 rings (SSSR count). The molecule has 0 saturated carbocycles. The van der Waals surface area contributed by atoms with E-state index in [1.807, 2.05) is 0 Å². The summed E-state index contributed by atoms with van der Waals surface area (Å²) in [7, 11) is 0. The molecule has 0 aromatic heterocycles. The van der Waals surface area contributed by atoms with Crippen molar-refractivity contribution in [2.75, 3.05) is 11.9 Å². The van der Waals surface area contributed by atoms with Gasteiger partial charge in [-0.3, -0.25) is 0 Å². The molecule has 0 saturated heterocycles. The van der Waals surface area contributed by atoms with E-state index in [2.05, 4.69) is 5.32 Å². The summed E-state index contributed by atoms with van der Waals surface area (Å²) >= 11 is 11.7. The quantitative estimate of drug-likeness (QED) is 0.875. The molecule has 2 aromatic rings. The first-order valence-corrected chi connectivity index (χ1v) is 6.55. The predicted octanol–water partition coefficient (Wildman–Crippen LogP) is 4.42. The van der Waals surface area contributed by atoms with E-state index in [-0.39, 0.29) is 17.3 Å². The van der Waals surface area contributed by atoms with Crippen molar-refractivity contribution >= 4 is 28.9 Å². The van der Waals surface area contributed by atoms with Crippen molar-refractivity contribution in [3.63, 3.8) is 0 Å². The van der Waals surface area contributed by atoms with Crippen LogP contribution in [-0.4, -0.2) is 11.7 Å². The van der Waals surface area contributed by atoms with Gasteiger partial charge in [0.25, 0.3) is 0 Å². The number of hydrogen-bond donors (Lipinski definition) is 2. The Labute approximate surface area is 125 Å². The van der Waals surface area contributed by atoms with Gasteiger partial charge in [-0.25, -0.2) is 8.78 Å². The minimum atomic E-state index is -0.941. The molecule has 1 atom stereocenters. The predicted molar refractivity (Wildman–Crippen MR) is 76.3 cm³/mol. The Kier molecular flexibility index (Phi) is 4.81. The molecular formula is C14H11Cl2F2NO. The zero-order valence-corrected chi connectivity index (χ0v) is 11.7. The van der Waals surface area contributed by atoms with Crippen LogP contribution >= 0.6 is 23.2 Å². The summed E-state index contributed by atoms with van der Waals surface area (Å²) in [5.41, 5.74) is 0.458. The fourth-order valence-electron chi connectivity index (χ4n) is 1.77. The summed E-state index contributed by atoms with van der Waals surface area (Å²) in [6.45, 7) is -0.00793. The van der Waals surface area contributed by atoms with Crippen LogP contribution in [0.2, 0.25) is 10.0 Å². The molecule has 0 heterocycles. The van der Waals surface area contributed by atoms with Gasteiger partial charge >= 0.3 is 0 Å². The summed E-state index contributed by atoms with van der Waals surface area (Å²) in [5.74, 6) is -1.58. The Balaban J connectivity index is 2.12. The SMILES string of the molecule is OC(CNc1c(F)cc(F)cc1Cl)c1ccccc1Cl. The minimum Gasteiger partial charge on any atom is -0.387 e. The Morgan fingerprint density at radius 1 is 1.10 bits per heavy atom. The lowest BCUT2D eigenvalue weighted by atomic mass is 10.1. The van der Waals surface area contributed by atoms with Gasteiger partial charge in [0.15, 0.2) is 5.82 Å². The number of halogens is 4. The lowest BCUT2D eigenvalue weighted by molar-refractivity contribution is 0.191. The van der Waals surface area contributed by atoms with Gasteiger partial charge in [-0.15, -0.1) is 0 Å². The van der Waals surface area contributed by atoms with Crippen molar-refractivity contribution in [2.24, 2.45) is 0 Å². The molecule has 0 aliphatic rings. The first-order chi connectivity index (χ1) is 9.49. The second kappa shape index (κ2) is 6.39. The molecule has 6 heteroatoms. The van der Waals surface area contributed by atoms with E-state index < -0.39 is 17.7 Å². The molecule has 0 aliphatic heterocycles. The van der Waals surface area contributed by atoms with Gasteiger partial charge < -0.3 is 10.4 Å². The third-order valence-corrected chi connectivity index (χ3v) is 3.39. The lowest BCUT2D eigenvalue weighted by Gasteiger charge is -2.15. The number of aliphatic hydroxyl groups is 1. The van der Waals surface area contributed by atoms with Crippen LogP contribution in [0.5, 0.6) is 0 Å². The largest absolute Gasteiger partial charge is 0.387 e. The van der Waals surface area contributed by atoms with Gasteiger partial charge in [-0.05, 0) is 12.1 Å². The third-order valence-electron chi connectivity index (χ3n) is 2.74. The summed E-state index contributed by atoms with van der Waals surface area (Å²) in [5, 5.41) is 13.0. The summed E-state index contributed by atoms with van der Waals surface area (Å²) in [6.07, 6.45) is -0.941. The number of aliphatic hydroxyl groups excluding tert-OH is 1. The van der Waals surface area contributed by atoms with Crippen LogP contribution in [-0.2, 0) is 0 Å². The Bertz CT molecular complexity index is 599. The molecule has 0 amide bonds. The fraction of sp³-hybridized carbons (Fsp3) is 0.143. The van der Waals surface area contributed by atoms with E-state index in [0.717, 1.165) is 12.1 Å². The normalized spacial score (nSPS) is 12.2. The zero-order chi connectivity index (χ0) is 14.7. The Morgan fingerprint density at radius 2 is 1.80 bits per heavy atom. The highest BCUT2D eigenvalue weighted by molar-refractivity contribution is 6.33. The van der Waals surface area contributed by atoms with E-state index in [1.54, 1.807) is 24.3 Å². The standard InChI is InChI=1S/C14H11Cl2F2NO/c15-10-4-2-1-3-9(10)13(20)7-19-14-11(16)5-8(17)6-12(14)18/h1-6,13,19-20H,7H2. The van der Waals surface area contributed by atoms with Crippen LogP contribution in [0.15, 0.2) is 36.4 Å². The molecule has 0 bridgehead atoms. The summed E-state index contributed by atoms with van der Waals surface area (Å²) in [4.78, 5) is 0. The second-order valence-electron chi connectivity index (χ2n) is 4.16. The second-order valence-corrected chi connectivity index (χ2v) is 4.98. The van der Waals surface area contributed by atoms with Crippen LogP contribution in [0.25, 0.3) is 0 Å². The van der Waals surface area contributed by atoms with Gasteiger partial charge in [0.05, 0.1) is 16.8 Å². The third kappa shape index (κ3) is 3.39. The molecule has 0 spiro atoms. The van der Waals surface area contributed by atoms with Crippen LogP contribution in [0, 0.1) is 11.6 Å². The molecule has 0 aliphatic carbocycles. The number of anilines is 1. The topological polar surface area (TPSA) is 32.3 Å². The van der Waals surface area contributed by atoms with Gasteiger partial charge in [0, 0.05) is 23.2 Å². The molecule has 1 unspecified atom stereocenters. The van der Waals surface area contributed by atoms with Crippen LogP contribution in [0.4, 0.5) is 14.5 Å². The van der Waals surface area contributed by atoms with Crippen LogP contribution in [0.1, 0.15) is 11.7 Å². The van der Waals surface area contributed by atoms with E-state index in [1.165, 1.54) is 0 Å². The number of nitrogens with one attached hydrogen (secondary N) is 1. The molecule has 106 valence electrons. The molecule has 0 radical (unpaired) electrons. The van der Waals surface area contributed by atoms with E-state index >= 15 is 0 Å². The van der Waals surface area contributed by atoms with Crippen molar-refractivity contribution in [3.8, 4) is 0 Å². The van der Waals surface area contributed by atoms with Crippen molar-refractivity contribution in [2.45, 2.75) is 6.10 Å². The van der Waals surface area contributed by atoms with E-state index in [0.29, 0.717) is 10.6 Å². The maximum atomic E-state index is 13.5. The fourth-order valence-corrected chi connectivity index (χ4v) is 2.29. The molecule has 20 heavy (non-hydrogen) atoms. The van der Waals surface area contributed by atoms with E-state index in [4.69, 9.17) is 23.2 Å². The monoisotopic (exact) mass is 317 g/mol. The van der Waals surface area contributed by atoms with Crippen molar-refractivity contribution in [1.82, 2.24) is 0 Å². The maximum absolute atomic E-state index is 13.5. The lowest BCUT2D eigenvalue weighted by Crippen LogP contribution is -2.13. The molecule has 0 fully saturated rings. The number of hydrogen-bond acceptors (Lipinski definition) is 2. The Hall–Kier alpha value is -1.36. The average Bonchev–Trinajstić information content (AvgIpc) is 2.37. The van der Waals surface area contributed by atoms with Crippen molar-refractivity contribution in [3.05, 3.63) is 63.6 Å². The first-order valence-electron chi connectivity index (χ1n) is 5.80. The maximum Gasteiger partial charge on any atom is 0.150 e. The smallest absolute Gasteiger partial charge is 0.150 e. The number of rotatable bonds is 4. The van der Waals surface area contributed by atoms with Gasteiger partial charge in [-0.1, -0.05) is 41.4 Å². The highest BCUT2D eigenvalue weighted by Gasteiger charge is 2.14. The van der Waals surface area contributed by atoms with Crippen LogP contribution < -0.4 is 5.32 Å².